The minimum absolute atomic E-state index is 0.160. The number of amides is 4. The highest BCUT2D eigenvalue weighted by Crippen LogP contribution is 2.47. The molecule has 19 heteroatoms. The number of halogens is 1. The Hall–Kier alpha value is -7.18. The van der Waals surface area contributed by atoms with Crippen molar-refractivity contribution in [1.82, 2.24) is 49.9 Å². The monoisotopic (exact) mass is 890 g/mol. The summed E-state index contributed by atoms with van der Waals surface area (Å²) < 4.78 is 40.5. The molecule has 2 unspecified atom stereocenters. The molecule has 0 spiro atoms. The number of nitrogens with zero attached hydrogens (tertiary/aromatic N) is 6. The quantitative estimate of drug-likeness (QED) is 0.102. The molecule has 6 aromatic rings. The number of benzene rings is 2. The molecule has 18 nitrogen and oxygen atoms in total. The second-order valence-electron chi connectivity index (χ2n) is 17.3. The molecule has 2 fully saturated rings. The average molecular weight is 891 g/mol. The predicted molar refractivity (Wildman–Crippen MR) is 233 cm³/mol. The molecule has 5 atom stereocenters. The highest BCUT2D eigenvalue weighted by Gasteiger charge is 2.40. The van der Waals surface area contributed by atoms with Gasteiger partial charge in [-0.3, -0.25) is 14.2 Å². The maximum atomic E-state index is 16.7. The number of ether oxygens (including phenoxy) is 3. The van der Waals surface area contributed by atoms with Crippen LogP contribution < -0.4 is 15.4 Å². The number of likely N-dealkylation sites (tertiary alicyclic amines) is 2. The largest absolute Gasteiger partial charge is 0.462 e. The minimum Gasteiger partial charge on any atom is -0.462 e. The summed E-state index contributed by atoms with van der Waals surface area (Å²) in [5, 5.41) is 6.16. The van der Waals surface area contributed by atoms with Gasteiger partial charge in [-0.1, -0.05) is 33.8 Å². The molecule has 0 saturated carbocycles. The van der Waals surface area contributed by atoms with E-state index in [2.05, 4.69) is 30.6 Å². The average Bonchev–Trinajstić information content (AvgIpc) is 4.15. The number of hydrogen-bond acceptors (Lipinski definition) is 11. The summed E-state index contributed by atoms with van der Waals surface area (Å²) in [5.74, 6) is 0.600. The maximum Gasteiger partial charge on any atom is 0.407 e. The van der Waals surface area contributed by atoms with E-state index in [0.717, 1.165) is 35.0 Å². The molecule has 3 aliphatic rings. The Labute approximate surface area is 373 Å². The van der Waals surface area contributed by atoms with Crippen LogP contribution in [0.4, 0.5) is 14.0 Å². The van der Waals surface area contributed by atoms with Crippen LogP contribution >= 0.6 is 0 Å². The first-order chi connectivity index (χ1) is 31.3. The van der Waals surface area contributed by atoms with Crippen molar-refractivity contribution in [2.75, 3.05) is 27.3 Å². The molecule has 0 bridgehead atoms. The fraction of sp³-hybridized carbons (Fsp3) is 0.413. The highest BCUT2D eigenvalue weighted by atomic mass is 19.1. The van der Waals surface area contributed by atoms with Crippen LogP contribution in [0.5, 0.6) is 5.75 Å². The van der Waals surface area contributed by atoms with Crippen molar-refractivity contribution in [2.45, 2.75) is 83.8 Å². The SMILES string of the molecule is COC(=O)NC(C(=O)N1CCC[C@@H]1c1ncc(-c2ccc3c(c2)cc2n3C(c3cnco3)Oc3cc(-c4cnc([C@H]5CCCN5C(=O)[C@H](NC(=O)OC)C(C)C)[nH]4)cc(F)c3-2)[nH]1)C(C)C. The summed E-state index contributed by atoms with van der Waals surface area (Å²) in [6, 6.07) is 8.78. The van der Waals surface area contributed by atoms with Crippen LogP contribution in [0, 0.1) is 17.7 Å². The number of alkyl carbamates (subject to hydrolysis) is 2. The lowest BCUT2D eigenvalue weighted by Gasteiger charge is -2.30. The van der Waals surface area contributed by atoms with Crippen molar-refractivity contribution in [1.29, 1.82) is 0 Å². The van der Waals surface area contributed by atoms with Gasteiger partial charge in [-0.15, -0.1) is 0 Å². The van der Waals surface area contributed by atoms with Crippen LogP contribution in [0.3, 0.4) is 0 Å². The Morgan fingerprint density at radius 2 is 1.37 bits per heavy atom. The number of oxazole rings is 1. The van der Waals surface area contributed by atoms with Gasteiger partial charge in [-0.2, -0.15) is 0 Å². The number of methoxy groups -OCH3 is 2. The Bertz CT molecular complexity index is 2760. The maximum absolute atomic E-state index is 16.7. The Morgan fingerprint density at radius 3 is 1.91 bits per heavy atom. The van der Waals surface area contributed by atoms with Crippen LogP contribution in [0.1, 0.15) is 89.1 Å². The Balaban J connectivity index is 1.01. The summed E-state index contributed by atoms with van der Waals surface area (Å²) in [6.45, 7) is 8.49. The third-order valence-corrected chi connectivity index (χ3v) is 12.6. The lowest BCUT2D eigenvalue weighted by molar-refractivity contribution is -0.136. The second kappa shape index (κ2) is 17.4. The number of rotatable bonds is 11. The van der Waals surface area contributed by atoms with Crippen molar-refractivity contribution in [2.24, 2.45) is 11.8 Å². The number of H-pyrrole nitrogens is 2. The van der Waals surface area contributed by atoms with E-state index in [4.69, 9.17) is 23.6 Å². The summed E-state index contributed by atoms with van der Waals surface area (Å²) in [6.07, 6.45) is 6.98. The molecule has 3 aliphatic heterocycles. The van der Waals surface area contributed by atoms with Crippen LogP contribution in [-0.4, -0.2) is 103 Å². The number of fused-ring (bicyclic) bond motifs is 5. The second-order valence-corrected chi connectivity index (χ2v) is 17.3. The number of hydrogen-bond donors (Lipinski definition) is 4. The molecule has 7 heterocycles. The minimum atomic E-state index is -0.825. The zero-order chi connectivity index (χ0) is 45.7. The highest BCUT2D eigenvalue weighted by molar-refractivity contribution is 5.93. The van der Waals surface area contributed by atoms with Gasteiger partial charge in [-0.25, -0.2) is 28.9 Å². The molecule has 4 aromatic heterocycles. The van der Waals surface area contributed by atoms with Crippen molar-refractivity contribution >= 4 is 34.9 Å². The molecule has 0 aliphatic carbocycles. The molecule has 2 saturated heterocycles. The summed E-state index contributed by atoms with van der Waals surface area (Å²) in [4.78, 5) is 75.4. The van der Waals surface area contributed by atoms with Crippen LogP contribution in [0.15, 0.2) is 65.8 Å². The number of imidazole rings is 2. The lowest BCUT2D eigenvalue weighted by atomic mass is 10.0. The van der Waals surface area contributed by atoms with Gasteiger partial charge in [0, 0.05) is 29.6 Å². The van der Waals surface area contributed by atoms with Crippen LogP contribution in [0.2, 0.25) is 0 Å². The third-order valence-electron chi connectivity index (χ3n) is 12.6. The van der Waals surface area contributed by atoms with E-state index in [0.29, 0.717) is 60.3 Å². The van der Waals surface area contributed by atoms with E-state index in [1.54, 1.807) is 34.5 Å². The van der Waals surface area contributed by atoms with Gasteiger partial charge >= 0.3 is 12.2 Å². The smallest absolute Gasteiger partial charge is 0.407 e. The van der Waals surface area contributed by atoms with E-state index in [1.165, 1.54) is 26.7 Å². The zero-order valence-corrected chi connectivity index (χ0v) is 36.9. The molecule has 65 heavy (non-hydrogen) atoms. The van der Waals surface area contributed by atoms with Gasteiger partial charge in [0.05, 0.1) is 73.1 Å². The number of aromatic nitrogens is 6. The Morgan fingerprint density at radius 1 is 0.785 bits per heavy atom. The number of nitrogens with one attached hydrogen (secondary N) is 4. The van der Waals surface area contributed by atoms with Gasteiger partial charge < -0.3 is 49.0 Å². The molecular weight excluding hydrogens is 840 g/mol. The molecule has 4 N–H and O–H groups in total. The van der Waals surface area contributed by atoms with Crippen molar-refractivity contribution in [3.05, 3.63) is 84.6 Å². The molecule has 4 amide bonds. The Kier molecular flexibility index (Phi) is 11.5. The number of carbonyl (C=O) groups is 4. The van der Waals surface area contributed by atoms with E-state index in [9.17, 15) is 19.2 Å². The predicted octanol–water partition coefficient (Wildman–Crippen LogP) is 7.24. The topological polar surface area (TPSA) is 215 Å². The van der Waals surface area contributed by atoms with Crippen LogP contribution in [0.25, 0.3) is 44.7 Å². The summed E-state index contributed by atoms with van der Waals surface area (Å²) in [7, 11) is 2.53. The first-order valence-corrected chi connectivity index (χ1v) is 21.8. The summed E-state index contributed by atoms with van der Waals surface area (Å²) in [5.41, 5.74) is 4.19. The molecular formula is C46H51FN10O8. The van der Waals surface area contributed by atoms with Crippen molar-refractivity contribution < 1.29 is 42.2 Å². The fourth-order valence-electron chi connectivity index (χ4n) is 9.32. The van der Waals surface area contributed by atoms with Gasteiger partial charge in [0.15, 0.2) is 12.2 Å². The van der Waals surface area contributed by atoms with E-state index < -0.39 is 36.3 Å². The number of aromatic amines is 2. The first kappa shape index (κ1) is 43.1. The zero-order valence-electron chi connectivity index (χ0n) is 36.9. The normalized spacial score (nSPS) is 18.9. The molecule has 340 valence electrons. The first-order valence-electron chi connectivity index (χ1n) is 21.8. The van der Waals surface area contributed by atoms with Gasteiger partial charge in [-0.05, 0) is 67.9 Å². The standard InChI is InChI=1S/C46H51FN10O8/c1-23(2)38(53-45(60)62-5)42(58)55-13-7-9-32(55)40-49-19-29(51-40)25-11-12-31-27(15-25)17-34-37-28(47)16-26(18-35(37)65-44(57(31)34)36-21-48-22-64-36)30-20-50-41(52-30)33-10-8-14-56(33)43(59)39(24(3)4)54-46(61)63-6/h11-12,15-24,32-33,38-39,44H,7-10,13-14H2,1-6H3,(H,49,51)(H,50,52)(H,53,60)(H,54,61)/t32-,33-,38?,39-,44?/m1/s1. The third kappa shape index (κ3) is 7.92. The van der Waals surface area contributed by atoms with E-state index >= 15 is 4.39 Å². The molecule has 2 aromatic carbocycles. The van der Waals surface area contributed by atoms with Crippen molar-refractivity contribution in [3.8, 4) is 39.5 Å². The van der Waals surface area contributed by atoms with E-state index in [1.807, 2.05) is 56.5 Å². The van der Waals surface area contributed by atoms with Crippen LogP contribution in [-0.2, 0) is 19.1 Å². The summed E-state index contributed by atoms with van der Waals surface area (Å²) >= 11 is 0. The van der Waals surface area contributed by atoms with E-state index in [-0.39, 0.29) is 47.0 Å². The van der Waals surface area contributed by atoms with Gasteiger partial charge in [0.25, 0.3) is 0 Å². The molecule has 9 rings (SSSR count). The van der Waals surface area contributed by atoms with Gasteiger partial charge in [0.1, 0.15) is 35.3 Å². The fourth-order valence-corrected chi connectivity index (χ4v) is 9.32. The van der Waals surface area contributed by atoms with Gasteiger partial charge in [0.2, 0.25) is 18.0 Å². The van der Waals surface area contributed by atoms with Crippen molar-refractivity contribution in [3.63, 3.8) is 0 Å². The number of carbonyl (C=O) groups excluding carboxylic acids is 4. The lowest BCUT2D eigenvalue weighted by Crippen LogP contribution is -2.51. The molecule has 0 radical (unpaired) electrons.